The van der Waals surface area contributed by atoms with Gasteiger partial charge in [-0.1, -0.05) is 36.4 Å². The van der Waals surface area contributed by atoms with Crippen molar-refractivity contribution in [2.45, 2.75) is 50.0 Å². The van der Waals surface area contributed by atoms with E-state index in [2.05, 4.69) is 0 Å². The van der Waals surface area contributed by atoms with Gasteiger partial charge in [-0.3, -0.25) is 0 Å². The zero-order valence-electron chi connectivity index (χ0n) is 14.8. The van der Waals surface area contributed by atoms with Crippen molar-refractivity contribution in [1.29, 1.82) is 0 Å². The zero-order valence-corrected chi connectivity index (χ0v) is 14.8. The van der Waals surface area contributed by atoms with Gasteiger partial charge >= 0.3 is 6.09 Å². The van der Waals surface area contributed by atoms with E-state index in [1.807, 2.05) is 30.3 Å². The molecule has 27 heavy (non-hydrogen) atoms. The van der Waals surface area contributed by atoms with Crippen LogP contribution < -0.4 is 0 Å². The van der Waals surface area contributed by atoms with E-state index in [9.17, 15) is 18.7 Å². The number of fused-ring (bicyclic) bond motifs is 2. The highest BCUT2D eigenvalue weighted by molar-refractivity contribution is 5.69. The number of hydrogen-bond donors (Lipinski definition) is 1. The summed E-state index contributed by atoms with van der Waals surface area (Å²) in [6.07, 6.45) is 1.71. The molecule has 2 bridgehead atoms. The first-order chi connectivity index (χ1) is 13.0. The lowest BCUT2D eigenvalue weighted by Gasteiger charge is -2.43. The summed E-state index contributed by atoms with van der Waals surface area (Å²) in [5.41, 5.74) is 0.000408. The summed E-state index contributed by atoms with van der Waals surface area (Å²) in [5.74, 6) is -1.91. The van der Waals surface area contributed by atoms with E-state index in [1.165, 1.54) is 6.07 Å². The highest BCUT2D eigenvalue weighted by atomic mass is 19.2. The number of benzene rings is 2. The Balaban J connectivity index is 1.46. The van der Waals surface area contributed by atoms with Gasteiger partial charge in [0.05, 0.1) is 5.60 Å². The second-order valence-corrected chi connectivity index (χ2v) is 7.40. The van der Waals surface area contributed by atoms with E-state index in [0.29, 0.717) is 5.56 Å². The van der Waals surface area contributed by atoms with Crippen LogP contribution in [0.25, 0.3) is 0 Å². The predicted octanol–water partition coefficient (Wildman–Crippen LogP) is 4.12. The Bertz CT molecular complexity index is 829. The Morgan fingerprint density at radius 3 is 2.37 bits per heavy atom. The van der Waals surface area contributed by atoms with Crippen molar-refractivity contribution in [3.63, 3.8) is 0 Å². The minimum Gasteiger partial charge on any atom is -0.445 e. The number of aliphatic hydroxyl groups is 1. The van der Waals surface area contributed by atoms with Gasteiger partial charge in [0, 0.05) is 24.9 Å². The Morgan fingerprint density at radius 1 is 1.07 bits per heavy atom. The molecule has 2 heterocycles. The monoisotopic (exact) mass is 373 g/mol. The average Bonchev–Trinajstić information content (AvgIpc) is 2.95. The summed E-state index contributed by atoms with van der Waals surface area (Å²) < 4.78 is 32.3. The average molecular weight is 373 g/mol. The molecule has 2 atom stereocenters. The molecule has 0 aromatic heterocycles. The lowest BCUT2D eigenvalue weighted by Crippen LogP contribution is -2.52. The molecule has 2 fully saturated rings. The van der Waals surface area contributed by atoms with Crippen molar-refractivity contribution in [1.82, 2.24) is 4.90 Å². The smallest absolute Gasteiger partial charge is 0.410 e. The fourth-order valence-corrected chi connectivity index (χ4v) is 4.34. The third-order valence-electron chi connectivity index (χ3n) is 5.64. The number of hydrogen-bond acceptors (Lipinski definition) is 3. The van der Waals surface area contributed by atoms with E-state index in [4.69, 9.17) is 4.74 Å². The molecular weight excluding hydrogens is 352 g/mol. The van der Waals surface area contributed by atoms with Gasteiger partial charge in [0.25, 0.3) is 0 Å². The molecule has 2 aromatic rings. The van der Waals surface area contributed by atoms with Crippen LogP contribution in [0, 0.1) is 11.6 Å². The summed E-state index contributed by atoms with van der Waals surface area (Å²) >= 11 is 0. The molecule has 1 amide bonds. The molecule has 4 nitrogen and oxygen atoms in total. The number of piperidine rings is 1. The Labute approximate surface area is 156 Å². The number of carbonyl (C=O) groups is 1. The van der Waals surface area contributed by atoms with Crippen LogP contribution in [0.15, 0.2) is 48.5 Å². The molecule has 142 valence electrons. The molecule has 2 saturated heterocycles. The van der Waals surface area contributed by atoms with E-state index in [0.717, 1.165) is 30.5 Å². The number of amides is 1. The van der Waals surface area contributed by atoms with Crippen LogP contribution in [0.1, 0.15) is 36.8 Å². The van der Waals surface area contributed by atoms with Crippen LogP contribution in [-0.4, -0.2) is 28.2 Å². The second-order valence-electron chi connectivity index (χ2n) is 7.40. The van der Waals surface area contributed by atoms with E-state index >= 15 is 0 Å². The maximum absolute atomic E-state index is 13.6. The summed E-state index contributed by atoms with van der Waals surface area (Å²) in [6.45, 7) is 0.197. The number of rotatable bonds is 3. The highest BCUT2D eigenvalue weighted by Crippen LogP contribution is 2.46. The van der Waals surface area contributed by atoms with Crippen LogP contribution in [-0.2, 0) is 16.9 Å². The van der Waals surface area contributed by atoms with Crippen molar-refractivity contribution in [3.8, 4) is 0 Å². The molecule has 0 aliphatic carbocycles. The summed E-state index contributed by atoms with van der Waals surface area (Å²) in [6, 6.07) is 12.6. The normalized spacial score (nSPS) is 26.9. The molecule has 0 spiro atoms. The SMILES string of the molecule is O=C(OCc1ccccc1)N1C2CCC1CC(O)(c1ccc(F)c(F)c1)C2. The maximum Gasteiger partial charge on any atom is 0.410 e. The maximum atomic E-state index is 13.6. The third-order valence-corrected chi connectivity index (χ3v) is 5.64. The van der Waals surface area contributed by atoms with Crippen molar-refractivity contribution >= 4 is 6.09 Å². The van der Waals surface area contributed by atoms with Crippen molar-refractivity contribution in [2.24, 2.45) is 0 Å². The summed E-state index contributed by atoms with van der Waals surface area (Å²) in [5, 5.41) is 11.1. The Hall–Kier alpha value is -2.47. The van der Waals surface area contributed by atoms with Gasteiger partial charge in [0.2, 0.25) is 0 Å². The van der Waals surface area contributed by atoms with E-state index < -0.39 is 23.3 Å². The van der Waals surface area contributed by atoms with Crippen LogP contribution in [0.2, 0.25) is 0 Å². The molecule has 0 radical (unpaired) electrons. The highest BCUT2D eigenvalue weighted by Gasteiger charge is 2.50. The topological polar surface area (TPSA) is 49.8 Å². The molecule has 1 N–H and O–H groups in total. The van der Waals surface area contributed by atoms with Gasteiger partial charge in [-0.2, -0.15) is 0 Å². The van der Waals surface area contributed by atoms with E-state index in [-0.39, 0.29) is 31.5 Å². The molecular formula is C21H21F2NO3. The molecule has 0 saturated carbocycles. The van der Waals surface area contributed by atoms with Crippen molar-refractivity contribution < 1.29 is 23.4 Å². The number of carbonyl (C=O) groups excluding carboxylic acids is 1. The minimum atomic E-state index is -1.27. The lowest BCUT2D eigenvalue weighted by atomic mass is 9.80. The lowest BCUT2D eigenvalue weighted by molar-refractivity contribution is -0.0539. The van der Waals surface area contributed by atoms with Gasteiger partial charge in [0.15, 0.2) is 11.6 Å². The predicted molar refractivity (Wildman–Crippen MR) is 94.8 cm³/mol. The first-order valence-corrected chi connectivity index (χ1v) is 9.13. The first-order valence-electron chi connectivity index (χ1n) is 9.13. The van der Waals surface area contributed by atoms with Gasteiger partial charge in [0.1, 0.15) is 6.61 Å². The number of halogens is 2. The van der Waals surface area contributed by atoms with Gasteiger partial charge < -0.3 is 14.7 Å². The molecule has 2 aliphatic heterocycles. The van der Waals surface area contributed by atoms with Gasteiger partial charge in [-0.15, -0.1) is 0 Å². The minimum absolute atomic E-state index is 0.176. The largest absolute Gasteiger partial charge is 0.445 e. The van der Waals surface area contributed by atoms with E-state index in [1.54, 1.807) is 4.90 Å². The molecule has 2 unspecified atom stereocenters. The number of ether oxygens (including phenoxy) is 1. The molecule has 2 aliphatic rings. The summed E-state index contributed by atoms with van der Waals surface area (Å²) in [7, 11) is 0. The van der Waals surface area contributed by atoms with Crippen molar-refractivity contribution in [2.75, 3.05) is 0 Å². The van der Waals surface area contributed by atoms with Crippen LogP contribution in [0.3, 0.4) is 0 Å². The van der Waals surface area contributed by atoms with Crippen LogP contribution in [0.5, 0.6) is 0 Å². The summed E-state index contributed by atoms with van der Waals surface area (Å²) in [4.78, 5) is 14.3. The first kappa shape index (κ1) is 17.9. The van der Waals surface area contributed by atoms with Crippen LogP contribution >= 0.6 is 0 Å². The molecule has 2 aromatic carbocycles. The third kappa shape index (κ3) is 3.41. The van der Waals surface area contributed by atoms with Gasteiger partial charge in [-0.05, 0) is 36.1 Å². The number of nitrogens with zero attached hydrogens (tertiary/aromatic N) is 1. The van der Waals surface area contributed by atoms with Crippen molar-refractivity contribution in [3.05, 3.63) is 71.3 Å². The molecule has 4 rings (SSSR count). The standard InChI is InChI=1S/C21H21F2NO3/c22-18-9-6-15(10-19(18)23)21(26)11-16-7-8-17(12-21)24(16)20(25)27-13-14-4-2-1-3-5-14/h1-6,9-10,16-17,26H,7-8,11-13H2. The van der Waals surface area contributed by atoms with Gasteiger partial charge in [-0.25, -0.2) is 13.6 Å². The Morgan fingerprint density at radius 2 is 1.74 bits per heavy atom. The fraction of sp³-hybridized carbons (Fsp3) is 0.381. The fourth-order valence-electron chi connectivity index (χ4n) is 4.34. The quantitative estimate of drug-likeness (QED) is 0.881. The Kier molecular flexibility index (Phi) is 4.60. The zero-order chi connectivity index (χ0) is 19.0. The molecule has 6 heteroatoms. The van der Waals surface area contributed by atoms with Crippen LogP contribution in [0.4, 0.5) is 13.6 Å². The second kappa shape index (κ2) is 6.93.